The lowest BCUT2D eigenvalue weighted by Crippen LogP contribution is -2.36. The van der Waals surface area contributed by atoms with Crippen molar-refractivity contribution in [3.8, 4) is 0 Å². The predicted molar refractivity (Wildman–Crippen MR) is 80.2 cm³/mol. The Hall–Kier alpha value is -1.59. The van der Waals surface area contributed by atoms with Gasteiger partial charge in [0.15, 0.2) is 0 Å². The number of aliphatic imine (C=N–C) groups is 1. The number of hydrogen-bond donors (Lipinski definition) is 3. The van der Waals surface area contributed by atoms with Crippen LogP contribution in [0.1, 0.15) is 25.3 Å². The van der Waals surface area contributed by atoms with Crippen LogP contribution >= 0.6 is 0 Å². The second kappa shape index (κ2) is 9.35. The summed E-state index contributed by atoms with van der Waals surface area (Å²) in [6.07, 6.45) is 3.01. The molecular formula is C14H24N4O. The third-order valence-electron chi connectivity index (χ3n) is 2.70. The van der Waals surface area contributed by atoms with Gasteiger partial charge in [0, 0.05) is 25.9 Å². The first-order valence-electron chi connectivity index (χ1n) is 6.66. The molecule has 4 N–H and O–H groups in total. The summed E-state index contributed by atoms with van der Waals surface area (Å²) >= 11 is 0. The van der Waals surface area contributed by atoms with Crippen molar-refractivity contribution < 1.29 is 4.74 Å². The highest BCUT2D eigenvalue weighted by molar-refractivity contribution is 5.93. The average Bonchev–Trinajstić information content (AvgIpc) is 2.44. The highest BCUT2D eigenvalue weighted by Crippen LogP contribution is 2.16. The number of methoxy groups -OCH3 is 1. The summed E-state index contributed by atoms with van der Waals surface area (Å²) in [5, 5.41) is 3.23. The van der Waals surface area contributed by atoms with Crippen molar-refractivity contribution in [1.82, 2.24) is 5.43 Å². The van der Waals surface area contributed by atoms with E-state index in [1.54, 1.807) is 7.11 Å². The van der Waals surface area contributed by atoms with Crippen molar-refractivity contribution >= 4 is 11.6 Å². The van der Waals surface area contributed by atoms with Gasteiger partial charge in [0.1, 0.15) is 0 Å². The molecule has 0 spiro atoms. The molecule has 0 aliphatic rings. The molecule has 19 heavy (non-hydrogen) atoms. The number of benzene rings is 1. The fourth-order valence-electron chi connectivity index (χ4n) is 1.78. The quantitative estimate of drug-likeness (QED) is 0.231. The number of anilines is 1. The molecule has 0 aliphatic carbocycles. The van der Waals surface area contributed by atoms with Crippen LogP contribution in [0.25, 0.3) is 0 Å². The van der Waals surface area contributed by atoms with E-state index in [2.05, 4.69) is 28.7 Å². The number of ether oxygens (including phenoxy) is 1. The summed E-state index contributed by atoms with van der Waals surface area (Å²) in [6, 6.07) is 8.19. The Labute approximate surface area is 115 Å². The number of para-hydroxylation sites is 1. The molecule has 1 rings (SSSR count). The third-order valence-corrected chi connectivity index (χ3v) is 2.70. The Balaban J connectivity index is 2.64. The third kappa shape index (κ3) is 5.72. The van der Waals surface area contributed by atoms with Crippen LogP contribution in [0.3, 0.4) is 0 Å². The minimum atomic E-state index is 0.583. The van der Waals surface area contributed by atoms with Gasteiger partial charge in [-0.25, -0.2) is 5.84 Å². The Morgan fingerprint density at radius 3 is 2.84 bits per heavy atom. The zero-order chi connectivity index (χ0) is 13.9. The molecule has 1 aromatic rings. The average molecular weight is 264 g/mol. The molecule has 0 saturated heterocycles. The Morgan fingerprint density at radius 1 is 1.37 bits per heavy atom. The number of nitrogens with one attached hydrogen (secondary N) is 2. The van der Waals surface area contributed by atoms with Crippen LogP contribution < -0.4 is 16.6 Å². The van der Waals surface area contributed by atoms with Crippen LogP contribution in [0.2, 0.25) is 0 Å². The molecule has 0 saturated carbocycles. The van der Waals surface area contributed by atoms with E-state index in [9.17, 15) is 0 Å². The van der Waals surface area contributed by atoms with Crippen LogP contribution in [0, 0.1) is 0 Å². The summed E-state index contributed by atoms with van der Waals surface area (Å²) in [7, 11) is 1.69. The van der Waals surface area contributed by atoms with Gasteiger partial charge in [-0.05, 0) is 24.5 Å². The summed E-state index contributed by atoms with van der Waals surface area (Å²) in [5.74, 6) is 6.07. The standard InChI is InChI=1S/C14H24N4O/c1-3-7-12-8-4-5-9-13(12)17-14(18-15)16-10-6-11-19-2/h4-5,8-9H,3,6-7,10-11,15H2,1-2H3,(H2,16,17,18). The van der Waals surface area contributed by atoms with Gasteiger partial charge in [0.25, 0.3) is 0 Å². The maximum atomic E-state index is 5.48. The maximum absolute atomic E-state index is 5.48. The highest BCUT2D eigenvalue weighted by Gasteiger charge is 2.03. The monoisotopic (exact) mass is 264 g/mol. The second-order valence-electron chi connectivity index (χ2n) is 4.25. The van der Waals surface area contributed by atoms with Crippen LogP contribution in [0.5, 0.6) is 0 Å². The van der Waals surface area contributed by atoms with Crippen LogP contribution in [0.15, 0.2) is 29.3 Å². The largest absolute Gasteiger partial charge is 0.385 e. The number of nitrogens with zero attached hydrogens (tertiary/aromatic N) is 1. The summed E-state index contributed by atoms with van der Waals surface area (Å²) in [4.78, 5) is 4.37. The number of nitrogens with two attached hydrogens (primary N) is 1. The smallest absolute Gasteiger partial charge is 0.210 e. The van der Waals surface area contributed by atoms with Crippen LogP contribution in [-0.2, 0) is 11.2 Å². The van der Waals surface area contributed by atoms with Gasteiger partial charge in [-0.15, -0.1) is 0 Å². The Kier molecular flexibility index (Phi) is 7.62. The molecule has 0 aliphatic heterocycles. The molecule has 5 heteroatoms. The molecule has 0 fully saturated rings. The number of hydrazine groups is 1. The van der Waals surface area contributed by atoms with Gasteiger partial charge < -0.3 is 10.1 Å². The normalized spacial score (nSPS) is 11.4. The van der Waals surface area contributed by atoms with Crippen molar-refractivity contribution in [2.45, 2.75) is 26.2 Å². The first-order chi connectivity index (χ1) is 9.31. The summed E-state index contributed by atoms with van der Waals surface area (Å²) in [5.41, 5.74) is 4.91. The zero-order valence-electron chi connectivity index (χ0n) is 11.8. The van der Waals surface area contributed by atoms with Gasteiger partial charge in [0.05, 0.1) is 0 Å². The molecule has 5 nitrogen and oxygen atoms in total. The zero-order valence-corrected chi connectivity index (χ0v) is 11.8. The molecule has 0 amide bonds. The van der Waals surface area contributed by atoms with Crippen molar-refractivity contribution in [2.75, 3.05) is 25.6 Å². The van der Waals surface area contributed by atoms with E-state index >= 15 is 0 Å². The highest BCUT2D eigenvalue weighted by atomic mass is 16.5. The SMILES string of the molecule is CCCc1ccccc1NC(=NCCCOC)NN. The van der Waals surface area contributed by atoms with E-state index in [1.165, 1.54) is 5.56 Å². The Bertz CT molecular complexity index is 393. The van der Waals surface area contributed by atoms with Crippen LogP contribution in [-0.4, -0.2) is 26.2 Å². The molecule has 0 aromatic heterocycles. The van der Waals surface area contributed by atoms with E-state index in [0.29, 0.717) is 19.1 Å². The minimum absolute atomic E-state index is 0.583. The molecule has 0 heterocycles. The van der Waals surface area contributed by atoms with Gasteiger partial charge in [-0.1, -0.05) is 31.5 Å². The summed E-state index contributed by atoms with van der Waals surface area (Å²) < 4.78 is 4.99. The van der Waals surface area contributed by atoms with E-state index < -0.39 is 0 Å². The molecule has 0 unspecified atom stereocenters. The fraction of sp³-hybridized carbons (Fsp3) is 0.500. The first-order valence-corrected chi connectivity index (χ1v) is 6.66. The van der Waals surface area contributed by atoms with Gasteiger partial charge in [0.2, 0.25) is 5.96 Å². The minimum Gasteiger partial charge on any atom is -0.385 e. The maximum Gasteiger partial charge on any atom is 0.210 e. The molecule has 0 radical (unpaired) electrons. The van der Waals surface area contributed by atoms with Gasteiger partial charge in [-0.2, -0.15) is 0 Å². The van der Waals surface area contributed by atoms with E-state index in [1.807, 2.05) is 18.2 Å². The molecule has 1 aromatic carbocycles. The molecule has 0 bridgehead atoms. The van der Waals surface area contributed by atoms with Crippen molar-refractivity contribution in [1.29, 1.82) is 0 Å². The van der Waals surface area contributed by atoms with Gasteiger partial charge in [-0.3, -0.25) is 10.4 Å². The molecule has 106 valence electrons. The number of guanidine groups is 1. The van der Waals surface area contributed by atoms with E-state index in [0.717, 1.165) is 24.9 Å². The number of aryl methyl sites for hydroxylation is 1. The number of rotatable bonds is 7. The van der Waals surface area contributed by atoms with Crippen molar-refractivity contribution in [3.05, 3.63) is 29.8 Å². The lowest BCUT2D eigenvalue weighted by molar-refractivity contribution is 0.197. The lowest BCUT2D eigenvalue weighted by atomic mass is 10.1. The molecular weight excluding hydrogens is 240 g/mol. The number of hydrogen-bond acceptors (Lipinski definition) is 3. The topological polar surface area (TPSA) is 71.7 Å². The van der Waals surface area contributed by atoms with Crippen molar-refractivity contribution in [3.63, 3.8) is 0 Å². The lowest BCUT2D eigenvalue weighted by Gasteiger charge is -2.13. The van der Waals surface area contributed by atoms with Crippen LogP contribution in [0.4, 0.5) is 5.69 Å². The second-order valence-corrected chi connectivity index (χ2v) is 4.25. The fourth-order valence-corrected chi connectivity index (χ4v) is 1.78. The van der Waals surface area contributed by atoms with Crippen molar-refractivity contribution in [2.24, 2.45) is 10.8 Å². The summed E-state index contributed by atoms with van der Waals surface area (Å²) in [6.45, 7) is 3.54. The van der Waals surface area contributed by atoms with Gasteiger partial charge >= 0.3 is 0 Å². The van der Waals surface area contributed by atoms with E-state index in [-0.39, 0.29) is 0 Å². The Morgan fingerprint density at radius 2 is 2.16 bits per heavy atom. The van der Waals surface area contributed by atoms with E-state index in [4.69, 9.17) is 10.6 Å². The first kappa shape index (κ1) is 15.5. The molecule has 0 atom stereocenters. The predicted octanol–water partition coefficient (Wildman–Crippen LogP) is 1.91.